The zero-order valence-electron chi connectivity index (χ0n) is 16.2. The molecule has 4 rings (SSSR count). The fourth-order valence-corrected chi connectivity index (χ4v) is 3.21. The van der Waals surface area contributed by atoms with Crippen LogP contribution in [0.4, 0.5) is 22.1 Å². The van der Waals surface area contributed by atoms with Gasteiger partial charge in [0, 0.05) is 30.2 Å². The molecular formula is C21H21N7O2. The number of primary amides is 1. The molecule has 152 valence electrons. The van der Waals surface area contributed by atoms with Gasteiger partial charge in [-0.3, -0.25) is 20.0 Å². The molecule has 9 nitrogen and oxygen atoms in total. The summed E-state index contributed by atoms with van der Waals surface area (Å²) in [6.07, 6.45) is 7.33. The Bertz CT molecular complexity index is 1080. The van der Waals surface area contributed by atoms with E-state index in [0.29, 0.717) is 28.6 Å². The predicted molar refractivity (Wildman–Crippen MR) is 114 cm³/mol. The third-order valence-electron chi connectivity index (χ3n) is 5.01. The molecule has 0 aliphatic heterocycles. The van der Waals surface area contributed by atoms with Gasteiger partial charge in [0.25, 0.3) is 0 Å². The van der Waals surface area contributed by atoms with Gasteiger partial charge in [0.1, 0.15) is 5.82 Å². The minimum absolute atomic E-state index is 0.00570. The zero-order valence-corrected chi connectivity index (χ0v) is 16.2. The van der Waals surface area contributed by atoms with Crippen molar-refractivity contribution < 1.29 is 9.59 Å². The minimum Gasteiger partial charge on any atom is -0.396 e. The molecule has 0 spiro atoms. The number of nitrogens with one attached hydrogen (secondary N) is 1. The van der Waals surface area contributed by atoms with Crippen LogP contribution in [0.1, 0.15) is 29.6 Å². The zero-order chi connectivity index (χ0) is 21.1. The first-order valence-electron chi connectivity index (χ1n) is 9.56. The summed E-state index contributed by atoms with van der Waals surface area (Å²) in [6.45, 7) is 0. The van der Waals surface area contributed by atoms with Crippen molar-refractivity contribution >= 4 is 29.3 Å². The largest absolute Gasteiger partial charge is 0.396 e. The predicted octanol–water partition coefficient (Wildman–Crippen LogP) is 2.81. The number of carbonyl (C=O) groups is 2. The average molecular weight is 403 g/mol. The summed E-state index contributed by atoms with van der Waals surface area (Å²) in [6, 6.07) is 9.95. The smallest absolute Gasteiger partial charge is 0.328 e. The highest BCUT2D eigenvalue weighted by Gasteiger charge is 2.32. The number of carbonyl (C=O) groups excluding carboxylic acids is 2. The molecule has 1 saturated carbocycles. The second-order valence-electron chi connectivity index (χ2n) is 7.04. The minimum atomic E-state index is -0.578. The van der Waals surface area contributed by atoms with Gasteiger partial charge in [0.2, 0.25) is 5.91 Å². The van der Waals surface area contributed by atoms with Crippen molar-refractivity contribution in [1.82, 2.24) is 15.0 Å². The Hall–Kier alpha value is -4.01. The molecule has 0 unspecified atom stereocenters. The Labute approximate surface area is 173 Å². The summed E-state index contributed by atoms with van der Waals surface area (Å²) in [4.78, 5) is 39.0. The molecule has 0 atom stereocenters. The number of nitrogen functional groups attached to an aromatic ring is 1. The van der Waals surface area contributed by atoms with Crippen molar-refractivity contribution in [3.8, 4) is 11.3 Å². The number of nitrogens with zero attached hydrogens (tertiary/aromatic N) is 4. The molecule has 1 aliphatic carbocycles. The Morgan fingerprint density at radius 3 is 2.63 bits per heavy atom. The van der Waals surface area contributed by atoms with Crippen molar-refractivity contribution in [3.63, 3.8) is 0 Å². The molecule has 0 aromatic carbocycles. The maximum Gasteiger partial charge on any atom is 0.328 e. The molecule has 1 aliphatic rings. The van der Waals surface area contributed by atoms with Crippen LogP contribution in [0.3, 0.4) is 0 Å². The molecule has 5 N–H and O–H groups in total. The standard InChI is InChI=1S/C21H21N7O2/c22-16-7-8-17(13-10-14(19(23)29)12-24-11-13)26-20(16)28(15-4-3-5-15)21(30)27-18-6-1-2-9-25-18/h1-2,6-12,15H,3-5,22H2,(H2,23,29)(H,25,27,30). The second-order valence-corrected chi connectivity index (χ2v) is 7.04. The topological polar surface area (TPSA) is 140 Å². The fraction of sp³-hybridized carbons (Fsp3) is 0.190. The summed E-state index contributed by atoms with van der Waals surface area (Å²) in [7, 11) is 0. The van der Waals surface area contributed by atoms with Gasteiger partial charge in [0.05, 0.1) is 16.9 Å². The molecule has 3 amide bonds. The number of amides is 3. The van der Waals surface area contributed by atoms with Gasteiger partial charge in [0.15, 0.2) is 5.82 Å². The van der Waals surface area contributed by atoms with E-state index < -0.39 is 5.91 Å². The van der Waals surface area contributed by atoms with Crippen LogP contribution in [0.25, 0.3) is 11.3 Å². The Balaban J connectivity index is 1.70. The number of anilines is 3. The number of urea groups is 1. The third-order valence-corrected chi connectivity index (χ3v) is 5.01. The molecule has 3 aromatic heterocycles. The van der Waals surface area contributed by atoms with E-state index in [1.54, 1.807) is 53.7 Å². The van der Waals surface area contributed by atoms with E-state index in [4.69, 9.17) is 11.5 Å². The van der Waals surface area contributed by atoms with E-state index in [2.05, 4.69) is 20.3 Å². The summed E-state index contributed by atoms with van der Waals surface area (Å²) in [5.74, 6) is 0.223. The van der Waals surface area contributed by atoms with Crippen LogP contribution in [0.15, 0.2) is 55.0 Å². The van der Waals surface area contributed by atoms with Crippen molar-refractivity contribution in [2.45, 2.75) is 25.3 Å². The first-order chi connectivity index (χ1) is 14.5. The van der Waals surface area contributed by atoms with E-state index in [-0.39, 0.29) is 17.6 Å². The van der Waals surface area contributed by atoms with E-state index in [1.807, 2.05) is 0 Å². The van der Waals surface area contributed by atoms with Crippen molar-refractivity contribution in [2.24, 2.45) is 5.73 Å². The number of pyridine rings is 3. The number of nitrogens with two attached hydrogens (primary N) is 2. The van der Waals surface area contributed by atoms with E-state index in [0.717, 1.165) is 19.3 Å². The van der Waals surface area contributed by atoms with Gasteiger partial charge in [-0.1, -0.05) is 6.07 Å². The number of hydrogen-bond acceptors (Lipinski definition) is 6. The molecule has 9 heteroatoms. The lowest BCUT2D eigenvalue weighted by Gasteiger charge is -2.37. The van der Waals surface area contributed by atoms with E-state index in [1.165, 1.54) is 6.20 Å². The number of rotatable bonds is 5. The second kappa shape index (κ2) is 8.16. The van der Waals surface area contributed by atoms with Crippen molar-refractivity contribution in [3.05, 3.63) is 60.6 Å². The van der Waals surface area contributed by atoms with Crippen LogP contribution in [-0.4, -0.2) is 32.9 Å². The average Bonchev–Trinajstić information content (AvgIpc) is 2.72. The molecule has 0 bridgehead atoms. The van der Waals surface area contributed by atoms with Crippen molar-refractivity contribution in [1.29, 1.82) is 0 Å². The van der Waals surface area contributed by atoms with Crippen LogP contribution in [0, 0.1) is 0 Å². The Kier molecular flexibility index (Phi) is 5.25. The quantitative estimate of drug-likeness (QED) is 0.598. The van der Waals surface area contributed by atoms with Gasteiger partial charge in [-0.2, -0.15) is 0 Å². The van der Waals surface area contributed by atoms with Crippen LogP contribution < -0.4 is 21.7 Å². The van der Waals surface area contributed by atoms with Gasteiger partial charge < -0.3 is 11.5 Å². The lowest BCUT2D eigenvalue weighted by molar-refractivity contribution is 0.1000. The third kappa shape index (κ3) is 3.90. The normalized spacial score (nSPS) is 13.3. The van der Waals surface area contributed by atoms with E-state index >= 15 is 0 Å². The van der Waals surface area contributed by atoms with Gasteiger partial charge in [-0.05, 0) is 49.6 Å². The van der Waals surface area contributed by atoms with Crippen molar-refractivity contribution in [2.75, 3.05) is 16.0 Å². The highest BCUT2D eigenvalue weighted by molar-refractivity contribution is 6.03. The Morgan fingerprint density at radius 1 is 1.13 bits per heavy atom. The molecule has 0 saturated heterocycles. The molecule has 30 heavy (non-hydrogen) atoms. The number of hydrogen-bond donors (Lipinski definition) is 3. The van der Waals surface area contributed by atoms with Gasteiger partial charge in [-0.15, -0.1) is 0 Å². The van der Waals surface area contributed by atoms with Crippen LogP contribution in [0.5, 0.6) is 0 Å². The lowest BCUT2D eigenvalue weighted by Crippen LogP contribution is -2.47. The van der Waals surface area contributed by atoms with Crippen LogP contribution >= 0.6 is 0 Å². The summed E-state index contributed by atoms with van der Waals surface area (Å²) in [5.41, 5.74) is 13.3. The van der Waals surface area contributed by atoms with Gasteiger partial charge in [-0.25, -0.2) is 14.8 Å². The molecule has 3 aromatic rings. The lowest BCUT2D eigenvalue weighted by atomic mass is 9.91. The van der Waals surface area contributed by atoms with E-state index in [9.17, 15) is 9.59 Å². The fourth-order valence-electron chi connectivity index (χ4n) is 3.21. The molecule has 3 heterocycles. The van der Waals surface area contributed by atoms with Crippen LogP contribution in [-0.2, 0) is 0 Å². The maximum atomic E-state index is 13.1. The summed E-state index contributed by atoms with van der Waals surface area (Å²) >= 11 is 0. The summed E-state index contributed by atoms with van der Waals surface area (Å²) in [5, 5.41) is 2.81. The van der Waals surface area contributed by atoms with Crippen LogP contribution in [0.2, 0.25) is 0 Å². The first-order valence-corrected chi connectivity index (χ1v) is 9.56. The first kappa shape index (κ1) is 19.3. The molecular weight excluding hydrogens is 382 g/mol. The highest BCUT2D eigenvalue weighted by atomic mass is 16.2. The SMILES string of the molecule is NC(=O)c1cncc(-c2ccc(N)c(N(C(=O)Nc3ccccn3)C3CCC3)n2)c1. The monoisotopic (exact) mass is 403 g/mol. The molecule has 0 radical (unpaired) electrons. The molecule has 1 fully saturated rings. The maximum absolute atomic E-state index is 13.1. The highest BCUT2D eigenvalue weighted by Crippen LogP contribution is 2.34. The van der Waals surface area contributed by atoms with Gasteiger partial charge >= 0.3 is 6.03 Å². The Morgan fingerprint density at radius 2 is 1.97 bits per heavy atom. The summed E-state index contributed by atoms with van der Waals surface area (Å²) < 4.78 is 0. The number of aromatic nitrogens is 3.